The Hall–Kier alpha value is -2.02. The number of carbonyl (C=O) groups is 1. The first-order valence-corrected chi connectivity index (χ1v) is 5.78. The van der Waals surface area contributed by atoms with Crippen LogP contribution in [0, 0.1) is 22.9 Å². The number of nitrogens with zero attached hydrogens (tertiary/aromatic N) is 2. The highest BCUT2D eigenvalue weighted by atomic mass is 19.1. The Morgan fingerprint density at radius 2 is 2.16 bits per heavy atom. The lowest BCUT2D eigenvalue weighted by atomic mass is 10.1. The number of nitro groups is 1. The summed E-state index contributed by atoms with van der Waals surface area (Å²) in [5, 5.41) is 10.7. The van der Waals surface area contributed by atoms with E-state index in [-0.39, 0.29) is 16.8 Å². The maximum Gasteiger partial charge on any atom is 0.270 e. The van der Waals surface area contributed by atoms with Gasteiger partial charge in [-0.2, -0.15) is 0 Å². The number of halogens is 1. The number of nitro benzene ring substituents is 1. The number of nitrogens with two attached hydrogens (primary N) is 1. The monoisotopic (exact) mass is 269 g/mol. The molecule has 0 aliphatic rings. The third-order valence-electron chi connectivity index (χ3n) is 2.72. The lowest BCUT2D eigenvalue weighted by molar-refractivity contribution is -0.385. The zero-order valence-corrected chi connectivity index (χ0v) is 10.9. The molecule has 0 radical (unpaired) electrons. The van der Waals surface area contributed by atoms with Gasteiger partial charge in [-0.3, -0.25) is 14.9 Å². The second kappa shape index (κ2) is 6.24. The predicted octanol–water partition coefficient (Wildman–Crippen LogP) is 1.46. The molecule has 0 heterocycles. The Bertz CT molecular complexity index is 505. The van der Waals surface area contributed by atoms with Crippen molar-refractivity contribution in [2.24, 2.45) is 5.73 Å². The number of non-ortho nitro benzene ring substituents is 1. The zero-order chi connectivity index (χ0) is 14.6. The van der Waals surface area contributed by atoms with Gasteiger partial charge in [0.1, 0.15) is 5.82 Å². The van der Waals surface area contributed by atoms with Crippen LogP contribution >= 0.6 is 0 Å². The number of aryl methyl sites for hydroxylation is 1. The molecule has 1 aromatic rings. The second-order valence-electron chi connectivity index (χ2n) is 4.25. The SMILES string of the molecule is Cc1cc([N+](=O)[O-])cc(C(=O)N(C)CCCN)c1F. The van der Waals surface area contributed by atoms with Crippen molar-refractivity contribution in [1.29, 1.82) is 0 Å². The number of carbonyl (C=O) groups excluding carboxylic acids is 1. The van der Waals surface area contributed by atoms with Crippen molar-refractivity contribution >= 4 is 11.6 Å². The van der Waals surface area contributed by atoms with Crippen LogP contribution in [-0.4, -0.2) is 35.9 Å². The van der Waals surface area contributed by atoms with Gasteiger partial charge in [0.2, 0.25) is 0 Å². The number of rotatable bonds is 5. The summed E-state index contributed by atoms with van der Waals surface area (Å²) < 4.78 is 13.9. The van der Waals surface area contributed by atoms with E-state index in [1.54, 1.807) is 0 Å². The minimum atomic E-state index is -0.727. The Kier molecular flexibility index (Phi) is 4.94. The summed E-state index contributed by atoms with van der Waals surface area (Å²) in [7, 11) is 1.51. The van der Waals surface area contributed by atoms with Crippen molar-refractivity contribution < 1.29 is 14.1 Å². The fourth-order valence-corrected chi connectivity index (χ4v) is 1.65. The van der Waals surface area contributed by atoms with Gasteiger partial charge in [0.15, 0.2) is 0 Å². The molecule has 0 atom stereocenters. The molecule has 1 amide bonds. The van der Waals surface area contributed by atoms with Crippen LogP contribution in [0.25, 0.3) is 0 Å². The molecule has 0 saturated carbocycles. The molecule has 6 nitrogen and oxygen atoms in total. The van der Waals surface area contributed by atoms with Crippen LogP contribution in [0.2, 0.25) is 0 Å². The van der Waals surface area contributed by atoms with Crippen LogP contribution in [0.3, 0.4) is 0 Å². The fourth-order valence-electron chi connectivity index (χ4n) is 1.65. The molecule has 0 bridgehead atoms. The molecule has 104 valence electrons. The summed E-state index contributed by atoms with van der Waals surface area (Å²) in [6.07, 6.45) is 0.581. The number of hydrogen-bond acceptors (Lipinski definition) is 4. The van der Waals surface area contributed by atoms with Gasteiger partial charge in [-0.25, -0.2) is 4.39 Å². The average Bonchev–Trinajstić information content (AvgIpc) is 2.37. The summed E-state index contributed by atoms with van der Waals surface area (Å²) in [4.78, 5) is 23.4. The summed E-state index contributed by atoms with van der Waals surface area (Å²) in [5.74, 6) is -1.31. The highest BCUT2D eigenvalue weighted by Gasteiger charge is 2.21. The quantitative estimate of drug-likeness (QED) is 0.647. The molecule has 0 unspecified atom stereocenters. The minimum absolute atomic E-state index is 0.0739. The van der Waals surface area contributed by atoms with Crippen LogP contribution in [0.5, 0.6) is 0 Å². The Morgan fingerprint density at radius 1 is 1.53 bits per heavy atom. The molecule has 1 aromatic carbocycles. The second-order valence-corrected chi connectivity index (χ2v) is 4.25. The van der Waals surface area contributed by atoms with Gasteiger partial charge >= 0.3 is 0 Å². The molecule has 0 spiro atoms. The fraction of sp³-hybridized carbons (Fsp3) is 0.417. The van der Waals surface area contributed by atoms with Gasteiger partial charge in [0.25, 0.3) is 11.6 Å². The van der Waals surface area contributed by atoms with Gasteiger partial charge < -0.3 is 10.6 Å². The first-order valence-electron chi connectivity index (χ1n) is 5.78. The van der Waals surface area contributed by atoms with Crippen molar-refractivity contribution in [3.05, 3.63) is 39.2 Å². The van der Waals surface area contributed by atoms with E-state index in [1.807, 2.05) is 0 Å². The summed E-state index contributed by atoms with van der Waals surface area (Å²) in [6.45, 7) is 2.17. The number of benzene rings is 1. The lowest BCUT2D eigenvalue weighted by Crippen LogP contribution is -2.29. The topological polar surface area (TPSA) is 89.5 Å². The first-order chi connectivity index (χ1) is 8.88. The van der Waals surface area contributed by atoms with Crippen molar-refractivity contribution in [1.82, 2.24) is 4.90 Å². The predicted molar refractivity (Wildman–Crippen MR) is 68.4 cm³/mol. The van der Waals surface area contributed by atoms with E-state index in [9.17, 15) is 19.3 Å². The maximum absolute atomic E-state index is 13.9. The molecule has 2 N–H and O–H groups in total. The minimum Gasteiger partial charge on any atom is -0.342 e. The molecule has 7 heteroatoms. The summed E-state index contributed by atoms with van der Waals surface area (Å²) in [5.41, 5.74) is 4.82. The van der Waals surface area contributed by atoms with Gasteiger partial charge in [0, 0.05) is 25.7 Å². The van der Waals surface area contributed by atoms with Crippen LogP contribution in [-0.2, 0) is 0 Å². The van der Waals surface area contributed by atoms with E-state index < -0.39 is 16.6 Å². The third kappa shape index (κ3) is 3.47. The van der Waals surface area contributed by atoms with E-state index in [4.69, 9.17) is 5.73 Å². The van der Waals surface area contributed by atoms with E-state index in [1.165, 1.54) is 18.9 Å². The van der Waals surface area contributed by atoms with E-state index in [0.29, 0.717) is 19.5 Å². The van der Waals surface area contributed by atoms with Gasteiger partial charge in [-0.15, -0.1) is 0 Å². The van der Waals surface area contributed by atoms with Gasteiger partial charge in [-0.1, -0.05) is 0 Å². The van der Waals surface area contributed by atoms with E-state index >= 15 is 0 Å². The van der Waals surface area contributed by atoms with Gasteiger partial charge in [-0.05, 0) is 25.5 Å². The molecule has 19 heavy (non-hydrogen) atoms. The van der Waals surface area contributed by atoms with Crippen LogP contribution in [0.4, 0.5) is 10.1 Å². The largest absolute Gasteiger partial charge is 0.342 e. The van der Waals surface area contributed by atoms with E-state index in [0.717, 1.165) is 12.1 Å². The molecule has 1 rings (SSSR count). The lowest BCUT2D eigenvalue weighted by Gasteiger charge is -2.17. The highest BCUT2D eigenvalue weighted by Crippen LogP contribution is 2.22. The Balaban J connectivity index is 3.11. The maximum atomic E-state index is 13.9. The average molecular weight is 269 g/mol. The molecular weight excluding hydrogens is 253 g/mol. The summed E-state index contributed by atoms with van der Waals surface area (Å²) >= 11 is 0. The normalized spacial score (nSPS) is 10.3. The Labute approximate surface area is 110 Å². The van der Waals surface area contributed by atoms with Crippen molar-refractivity contribution in [3.63, 3.8) is 0 Å². The molecule has 0 aliphatic carbocycles. The van der Waals surface area contributed by atoms with Crippen molar-refractivity contribution in [2.45, 2.75) is 13.3 Å². The van der Waals surface area contributed by atoms with Crippen LogP contribution in [0.1, 0.15) is 22.3 Å². The van der Waals surface area contributed by atoms with E-state index in [2.05, 4.69) is 0 Å². The zero-order valence-electron chi connectivity index (χ0n) is 10.9. The van der Waals surface area contributed by atoms with Crippen LogP contribution in [0.15, 0.2) is 12.1 Å². The molecule has 0 aromatic heterocycles. The third-order valence-corrected chi connectivity index (χ3v) is 2.72. The van der Waals surface area contributed by atoms with Crippen molar-refractivity contribution in [2.75, 3.05) is 20.1 Å². The smallest absolute Gasteiger partial charge is 0.270 e. The first kappa shape index (κ1) is 15.0. The summed E-state index contributed by atoms with van der Waals surface area (Å²) in [6, 6.07) is 2.07. The van der Waals surface area contributed by atoms with Crippen LogP contribution < -0.4 is 5.73 Å². The van der Waals surface area contributed by atoms with Gasteiger partial charge in [0.05, 0.1) is 10.5 Å². The molecule has 0 aliphatic heterocycles. The molecule has 0 saturated heterocycles. The standard InChI is InChI=1S/C12H16FN3O3/c1-8-6-9(16(18)19)7-10(11(8)13)12(17)15(2)5-3-4-14/h6-7H,3-5,14H2,1-2H3. The highest BCUT2D eigenvalue weighted by molar-refractivity contribution is 5.95. The Morgan fingerprint density at radius 3 is 2.68 bits per heavy atom. The number of hydrogen-bond donors (Lipinski definition) is 1. The molecule has 0 fully saturated rings. The van der Waals surface area contributed by atoms with Crippen molar-refractivity contribution in [3.8, 4) is 0 Å². The molecular formula is C12H16FN3O3. The number of amides is 1.